The Morgan fingerprint density at radius 1 is 1.04 bits per heavy atom. The first-order chi connectivity index (χ1) is 13.2. The molecule has 0 aliphatic heterocycles. The molecule has 0 radical (unpaired) electrons. The third-order valence-corrected chi connectivity index (χ3v) is 5.61. The van der Waals surface area contributed by atoms with Crippen LogP contribution in [0.1, 0.15) is 30.6 Å². The van der Waals surface area contributed by atoms with Crippen LogP contribution in [0.4, 0.5) is 4.39 Å². The number of esters is 1. The van der Waals surface area contributed by atoms with Gasteiger partial charge in [0.2, 0.25) is 5.78 Å². The fourth-order valence-corrected chi connectivity index (χ4v) is 3.63. The van der Waals surface area contributed by atoms with Crippen LogP contribution in [0.15, 0.2) is 53.4 Å². The standard InChI is InChI=1S/C20H21FO6S/c1-3-26-17-8-4-15(5-9-17)20(23)14(2)27-19(22)12-13-28(24,25)18-10-6-16(21)7-11-18/h4-11,14H,3,12-13H2,1-2H3. The number of Topliss-reactive ketones (excluding diaryl/α,β-unsaturated/α-hetero) is 1. The molecule has 150 valence electrons. The topological polar surface area (TPSA) is 86.7 Å². The molecule has 0 saturated heterocycles. The van der Waals surface area contributed by atoms with Crippen molar-refractivity contribution in [2.75, 3.05) is 12.4 Å². The van der Waals surface area contributed by atoms with Gasteiger partial charge in [-0.05, 0) is 62.4 Å². The number of benzene rings is 2. The molecule has 1 atom stereocenters. The molecule has 2 aromatic carbocycles. The summed E-state index contributed by atoms with van der Waals surface area (Å²) in [6.45, 7) is 3.77. The van der Waals surface area contributed by atoms with Crippen molar-refractivity contribution in [2.24, 2.45) is 0 Å². The van der Waals surface area contributed by atoms with E-state index in [-0.39, 0.29) is 4.90 Å². The van der Waals surface area contributed by atoms with Crippen LogP contribution in [0.25, 0.3) is 0 Å². The average molecular weight is 408 g/mol. The van der Waals surface area contributed by atoms with Crippen LogP contribution < -0.4 is 4.74 Å². The van der Waals surface area contributed by atoms with Crippen molar-refractivity contribution in [3.8, 4) is 5.75 Å². The van der Waals surface area contributed by atoms with Crippen LogP contribution in [0, 0.1) is 5.82 Å². The highest BCUT2D eigenvalue weighted by atomic mass is 32.2. The SMILES string of the molecule is CCOc1ccc(C(=O)C(C)OC(=O)CCS(=O)(=O)c2ccc(F)cc2)cc1. The fraction of sp³-hybridized carbons (Fsp3) is 0.300. The number of carbonyl (C=O) groups excluding carboxylic acids is 2. The number of hydrogen-bond acceptors (Lipinski definition) is 6. The first-order valence-electron chi connectivity index (χ1n) is 8.68. The maximum atomic E-state index is 12.9. The number of halogens is 1. The molecule has 0 aliphatic carbocycles. The molecule has 1 unspecified atom stereocenters. The van der Waals surface area contributed by atoms with Crippen LogP contribution in [0.2, 0.25) is 0 Å². The number of ketones is 1. The lowest BCUT2D eigenvalue weighted by Gasteiger charge is -2.13. The van der Waals surface area contributed by atoms with Gasteiger partial charge in [-0.15, -0.1) is 0 Å². The van der Waals surface area contributed by atoms with Crippen molar-refractivity contribution in [3.05, 3.63) is 59.9 Å². The summed E-state index contributed by atoms with van der Waals surface area (Å²) in [6, 6.07) is 10.7. The molecule has 0 saturated carbocycles. The highest BCUT2D eigenvalue weighted by Crippen LogP contribution is 2.16. The van der Waals surface area contributed by atoms with Gasteiger partial charge in [0.25, 0.3) is 0 Å². The largest absolute Gasteiger partial charge is 0.494 e. The Bertz CT molecular complexity index is 920. The smallest absolute Gasteiger partial charge is 0.307 e. The van der Waals surface area contributed by atoms with Crippen molar-refractivity contribution < 1.29 is 31.9 Å². The van der Waals surface area contributed by atoms with Gasteiger partial charge >= 0.3 is 5.97 Å². The first kappa shape index (κ1) is 21.6. The lowest BCUT2D eigenvalue weighted by molar-refractivity contribution is -0.145. The van der Waals surface area contributed by atoms with E-state index in [2.05, 4.69) is 0 Å². The van der Waals surface area contributed by atoms with Gasteiger partial charge in [-0.2, -0.15) is 0 Å². The minimum atomic E-state index is -3.76. The van der Waals surface area contributed by atoms with Gasteiger partial charge in [0.1, 0.15) is 11.6 Å². The van der Waals surface area contributed by atoms with Gasteiger partial charge in [0.15, 0.2) is 15.9 Å². The molecule has 2 rings (SSSR count). The third kappa shape index (κ3) is 5.88. The Balaban J connectivity index is 1.91. The number of hydrogen-bond donors (Lipinski definition) is 0. The molecule has 8 heteroatoms. The van der Waals surface area contributed by atoms with Gasteiger partial charge in [-0.25, -0.2) is 12.8 Å². The Labute approximate surface area is 163 Å². The maximum absolute atomic E-state index is 12.9. The van der Waals surface area contributed by atoms with Crippen LogP contribution in [0.5, 0.6) is 5.75 Å². The number of sulfone groups is 1. The van der Waals surface area contributed by atoms with E-state index in [0.717, 1.165) is 24.3 Å². The predicted octanol–water partition coefficient (Wildman–Crippen LogP) is 3.20. The summed E-state index contributed by atoms with van der Waals surface area (Å²) < 4.78 is 47.6. The zero-order valence-electron chi connectivity index (χ0n) is 15.6. The van der Waals surface area contributed by atoms with E-state index in [1.165, 1.54) is 6.92 Å². The summed E-state index contributed by atoms with van der Waals surface area (Å²) in [6.07, 6.45) is -1.47. The van der Waals surface area contributed by atoms with Crippen molar-refractivity contribution in [2.45, 2.75) is 31.3 Å². The lowest BCUT2D eigenvalue weighted by atomic mass is 10.1. The fourth-order valence-electron chi connectivity index (χ4n) is 2.40. The van der Waals surface area contributed by atoms with Crippen molar-refractivity contribution in [1.82, 2.24) is 0 Å². The van der Waals surface area contributed by atoms with Crippen molar-refractivity contribution in [1.29, 1.82) is 0 Å². The second-order valence-electron chi connectivity index (χ2n) is 5.98. The van der Waals surface area contributed by atoms with E-state index in [1.54, 1.807) is 24.3 Å². The van der Waals surface area contributed by atoms with E-state index in [4.69, 9.17) is 9.47 Å². The first-order valence-corrected chi connectivity index (χ1v) is 10.3. The molecule has 0 heterocycles. The molecule has 0 spiro atoms. The molecule has 0 fully saturated rings. The van der Waals surface area contributed by atoms with E-state index in [1.807, 2.05) is 6.92 Å². The number of carbonyl (C=O) groups is 2. The molecular weight excluding hydrogens is 387 g/mol. The van der Waals surface area contributed by atoms with Gasteiger partial charge in [-0.1, -0.05) is 0 Å². The van der Waals surface area contributed by atoms with Crippen LogP contribution in [-0.4, -0.2) is 38.6 Å². The van der Waals surface area contributed by atoms with Crippen LogP contribution >= 0.6 is 0 Å². The lowest BCUT2D eigenvalue weighted by Crippen LogP contribution is -2.25. The van der Waals surface area contributed by atoms with Crippen LogP contribution in [0.3, 0.4) is 0 Å². The van der Waals surface area contributed by atoms with Gasteiger partial charge in [-0.3, -0.25) is 9.59 Å². The Hall–Kier alpha value is -2.74. The minimum absolute atomic E-state index is 0.0831. The normalized spacial score (nSPS) is 12.2. The zero-order chi connectivity index (χ0) is 20.7. The van der Waals surface area contributed by atoms with Crippen molar-refractivity contribution >= 4 is 21.6 Å². The minimum Gasteiger partial charge on any atom is -0.494 e. The average Bonchev–Trinajstić information content (AvgIpc) is 2.67. The zero-order valence-corrected chi connectivity index (χ0v) is 16.4. The molecule has 0 N–H and O–H groups in total. The Kier molecular flexibility index (Phi) is 7.28. The summed E-state index contributed by atoms with van der Waals surface area (Å²) in [5.41, 5.74) is 0.350. The number of ether oxygens (including phenoxy) is 2. The summed E-state index contributed by atoms with van der Waals surface area (Å²) in [4.78, 5) is 24.2. The number of rotatable bonds is 9. The maximum Gasteiger partial charge on any atom is 0.307 e. The Morgan fingerprint density at radius 2 is 1.64 bits per heavy atom. The highest BCUT2D eigenvalue weighted by molar-refractivity contribution is 7.91. The van der Waals surface area contributed by atoms with E-state index in [0.29, 0.717) is 17.9 Å². The molecule has 2 aromatic rings. The molecule has 6 nitrogen and oxygen atoms in total. The second kappa shape index (κ2) is 9.45. The predicted molar refractivity (Wildman–Crippen MR) is 101 cm³/mol. The van der Waals surface area contributed by atoms with E-state index in [9.17, 15) is 22.4 Å². The molecular formula is C20H21FO6S. The Morgan fingerprint density at radius 3 is 2.21 bits per heavy atom. The monoisotopic (exact) mass is 408 g/mol. The molecule has 0 aliphatic rings. The summed E-state index contributed by atoms with van der Waals surface area (Å²) >= 11 is 0. The third-order valence-electron chi connectivity index (χ3n) is 3.87. The quantitative estimate of drug-likeness (QED) is 0.360. The van der Waals surface area contributed by atoms with E-state index >= 15 is 0 Å². The van der Waals surface area contributed by atoms with Gasteiger partial charge in [0, 0.05) is 5.56 Å². The molecule has 28 heavy (non-hydrogen) atoms. The molecule has 0 bridgehead atoms. The van der Waals surface area contributed by atoms with E-state index < -0.39 is 45.7 Å². The summed E-state index contributed by atoms with van der Waals surface area (Å²) in [5.74, 6) is -1.65. The van der Waals surface area contributed by atoms with Crippen LogP contribution in [-0.2, 0) is 19.4 Å². The highest BCUT2D eigenvalue weighted by Gasteiger charge is 2.22. The molecule has 0 aromatic heterocycles. The van der Waals surface area contributed by atoms with Gasteiger partial charge < -0.3 is 9.47 Å². The summed E-state index contributed by atoms with van der Waals surface area (Å²) in [7, 11) is -3.76. The van der Waals surface area contributed by atoms with Gasteiger partial charge in [0.05, 0.1) is 23.7 Å². The van der Waals surface area contributed by atoms with Crippen molar-refractivity contribution in [3.63, 3.8) is 0 Å². The summed E-state index contributed by atoms with van der Waals surface area (Å²) in [5, 5.41) is 0. The molecule has 0 amide bonds. The second-order valence-corrected chi connectivity index (χ2v) is 8.09.